The zero-order valence-corrected chi connectivity index (χ0v) is 34.9. The van der Waals surface area contributed by atoms with Crippen LogP contribution in [0.4, 0.5) is 17.6 Å². The summed E-state index contributed by atoms with van der Waals surface area (Å²) < 4.78 is 58.3. The third kappa shape index (κ3) is 12.5. The minimum Gasteiger partial charge on any atom is -0.352 e. The molecule has 2 aromatic carbocycles. The first-order chi connectivity index (χ1) is 21.4. The first-order valence-corrected chi connectivity index (χ1v) is 28.8. The fourth-order valence-electron chi connectivity index (χ4n) is 6.47. The monoisotopic (exact) mass is 746 g/mol. The van der Waals surface area contributed by atoms with Gasteiger partial charge in [0.25, 0.3) is 0 Å². The molecule has 47 heavy (non-hydrogen) atoms. The van der Waals surface area contributed by atoms with Crippen molar-refractivity contribution >= 4 is 32.9 Å². The van der Waals surface area contributed by atoms with Crippen LogP contribution in [0.15, 0.2) is 60.7 Å². The van der Waals surface area contributed by atoms with Crippen molar-refractivity contribution < 1.29 is 39.3 Å². The molecule has 2 aliphatic carbocycles. The van der Waals surface area contributed by atoms with Crippen LogP contribution in [0, 0.1) is 47.6 Å². The van der Waals surface area contributed by atoms with Crippen LogP contribution in [-0.2, 0) is 34.8 Å². The topological polar surface area (TPSA) is 6.48 Å². The first-order valence-electron chi connectivity index (χ1n) is 16.2. The number of benzene rings is 2. The second kappa shape index (κ2) is 18.0. The van der Waals surface area contributed by atoms with Crippen molar-refractivity contribution in [2.75, 3.05) is 0 Å². The van der Waals surface area contributed by atoms with E-state index in [0.717, 1.165) is 12.8 Å². The van der Waals surface area contributed by atoms with Gasteiger partial charge in [-0.3, -0.25) is 12.2 Å². The van der Waals surface area contributed by atoms with Crippen LogP contribution in [0.3, 0.4) is 0 Å². The molecule has 0 amide bonds. The fraction of sp³-hybridized carbons (Fsp3) is 0.444. The molecule has 0 unspecified atom stereocenters. The van der Waals surface area contributed by atoms with Gasteiger partial charge in [0.1, 0.15) is 32.9 Å². The van der Waals surface area contributed by atoms with Crippen LogP contribution in [0.1, 0.15) is 24.0 Å². The normalized spacial score (nSPS) is 20.9. The smallest absolute Gasteiger partial charge is 0.352 e. The average Bonchev–Trinajstić information content (AvgIpc) is 3.78. The Kier molecular flexibility index (Phi) is 16.0. The molecule has 0 bridgehead atoms. The van der Waals surface area contributed by atoms with E-state index in [2.05, 4.69) is 97.3 Å². The number of rotatable bonds is 4. The Morgan fingerprint density at radius 3 is 1.09 bits per heavy atom. The van der Waals surface area contributed by atoms with Crippen molar-refractivity contribution in [2.24, 2.45) is 0 Å². The van der Waals surface area contributed by atoms with Gasteiger partial charge in [0.15, 0.2) is 0 Å². The summed E-state index contributed by atoms with van der Waals surface area (Å²) in [6.07, 6.45) is 20.0. The van der Waals surface area contributed by atoms with Crippen molar-refractivity contribution in [2.45, 2.75) is 102 Å². The van der Waals surface area contributed by atoms with Gasteiger partial charge < -0.3 is 8.46 Å². The van der Waals surface area contributed by atoms with Gasteiger partial charge in [-0.1, -0.05) is 52.4 Å². The maximum atomic E-state index is 13.7. The SMILES string of the molecule is C[Si]1(C)CC[Si](C)(C)N1Cc1ccc(F)[c-]c1F.C[Si]1(C)CC[Si](C)(C)N1Cc1ccc(F)[c-]c1F.[C-]1=CC=CC1.[C-]1=CC=CC1.[Ti+4]. The van der Waals surface area contributed by atoms with E-state index in [1.54, 1.807) is 12.1 Å². The van der Waals surface area contributed by atoms with E-state index >= 15 is 0 Å². The maximum Gasteiger partial charge on any atom is 4.00 e. The quantitative estimate of drug-likeness (QED) is 0.175. The molecule has 0 radical (unpaired) electrons. The van der Waals surface area contributed by atoms with E-state index < -0.39 is 56.2 Å². The van der Waals surface area contributed by atoms with E-state index in [1.807, 2.05) is 24.3 Å². The summed E-state index contributed by atoms with van der Waals surface area (Å²) in [5.74, 6) is -2.30. The van der Waals surface area contributed by atoms with Crippen LogP contribution in [0.5, 0.6) is 0 Å². The molecule has 6 rings (SSSR count). The van der Waals surface area contributed by atoms with Gasteiger partial charge in [0.2, 0.25) is 0 Å². The largest absolute Gasteiger partial charge is 4.00 e. The number of nitrogens with zero attached hydrogens (tertiary/aromatic N) is 2. The summed E-state index contributed by atoms with van der Waals surface area (Å²) >= 11 is 0. The standard InChI is InChI=1S/2C13H20F2NSi2.2C5H5.Ti/c2*1-17(2)7-8-18(3,4)16(17)10-11-5-6-12(14)9-13(11)15;2*1-2-4-5-3-1;/h2*5-6H,7-8,10H2,1-4H3;2*1-3H,4H2;/q4*-1;+4. The molecule has 11 heteroatoms. The second-order valence-electron chi connectivity index (χ2n) is 14.7. The Hall–Kier alpha value is -1.38. The van der Waals surface area contributed by atoms with Gasteiger partial charge in [-0.25, -0.2) is 41.9 Å². The van der Waals surface area contributed by atoms with Crippen molar-refractivity contribution in [1.29, 1.82) is 0 Å². The molecule has 0 N–H and O–H groups in total. The van der Waals surface area contributed by atoms with Crippen molar-refractivity contribution in [3.8, 4) is 0 Å². The zero-order valence-electron chi connectivity index (χ0n) is 29.3. The summed E-state index contributed by atoms with van der Waals surface area (Å²) in [5, 5.41) is 0. The fourth-order valence-corrected chi connectivity index (χ4v) is 34.2. The zero-order chi connectivity index (χ0) is 34.2. The summed E-state index contributed by atoms with van der Waals surface area (Å²) in [5.41, 5.74) is 1.17. The van der Waals surface area contributed by atoms with Crippen LogP contribution < -0.4 is 0 Å². The molecule has 2 aliphatic heterocycles. The first kappa shape index (κ1) is 41.8. The van der Waals surface area contributed by atoms with E-state index in [9.17, 15) is 17.6 Å². The summed E-state index contributed by atoms with van der Waals surface area (Å²) in [7, 11) is -5.61. The van der Waals surface area contributed by atoms with Gasteiger partial charge in [-0.2, -0.15) is 24.3 Å². The van der Waals surface area contributed by atoms with E-state index in [4.69, 9.17) is 0 Å². The van der Waals surface area contributed by atoms with Crippen LogP contribution in [0.2, 0.25) is 76.6 Å². The average molecular weight is 747 g/mol. The van der Waals surface area contributed by atoms with Gasteiger partial charge in [-0.05, 0) is 37.3 Å². The van der Waals surface area contributed by atoms with Crippen LogP contribution in [0.25, 0.3) is 0 Å². The Bertz CT molecular complexity index is 1280. The Morgan fingerprint density at radius 2 is 0.872 bits per heavy atom. The molecule has 2 aromatic rings. The molecule has 0 spiro atoms. The summed E-state index contributed by atoms with van der Waals surface area (Å²) in [6, 6.07) is 15.2. The molecule has 0 atom stereocenters. The maximum absolute atomic E-state index is 13.7. The molecular weight excluding hydrogens is 697 g/mol. The third-order valence-corrected chi connectivity index (χ3v) is 30.0. The van der Waals surface area contributed by atoms with Gasteiger partial charge in [0, 0.05) is 23.3 Å². The second-order valence-corrected chi connectivity index (χ2v) is 34.3. The molecule has 2 heterocycles. The Balaban J connectivity index is 0.000000248. The van der Waals surface area contributed by atoms with E-state index in [1.165, 1.54) is 36.3 Å². The van der Waals surface area contributed by atoms with Crippen molar-refractivity contribution in [1.82, 2.24) is 8.46 Å². The van der Waals surface area contributed by atoms with Crippen molar-refractivity contribution in [3.63, 3.8) is 0 Å². The molecule has 252 valence electrons. The van der Waals surface area contributed by atoms with Crippen LogP contribution in [-0.4, -0.2) is 41.4 Å². The minimum absolute atomic E-state index is 0. The number of hydrogen-bond acceptors (Lipinski definition) is 2. The summed E-state index contributed by atoms with van der Waals surface area (Å²) in [4.78, 5) is 0. The van der Waals surface area contributed by atoms with Gasteiger partial charge in [0.05, 0.1) is 0 Å². The minimum atomic E-state index is -1.40. The van der Waals surface area contributed by atoms with Gasteiger partial charge >= 0.3 is 21.7 Å². The summed E-state index contributed by atoms with van der Waals surface area (Å²) in [6.45, 7) is 20.0. The molecule has 2 nitrogen and oxygen atoms in total. The molecule has 4 aliphatic rings. The van der Waals surface area contributed by atoms with Gasteiger partial charge in [-0.15, -0.1) is 48.2 Å². The number of halogens is 4. The van der Waals surface area contributed by atoms with E-state index in [-0.39, 0.29) is 21.7 Å². The van der Waals surface area contributed by atoms with Crippen LogP contribution >= 0.6 is 0 Å². The molecular formula is C36H50F4N2Si4Ti. The molecule has 0 aromatic heterocycles. The predicted octanol–water partition coefficient (Wildman–Crippen LogP) is 10.6. The molecule has 2 fully saturated rings. The Labute approximate surface area is 301 Å². The number of allylic oxidation sites excluding steroid dienone is 8. The molecule has 2 saturated heterocycles. The molecule has 0 saturated carbocycles. The Morgan fingerprint density at radius 1 is 0.553 bits per heavy atom. The number of hydrogen-bond donors (Lipinski definition) is 0. The third-order valence-electron chi connectivity index (χ3n) is 9.33. The van der Waals surface area contributed by atoms with Crippen molar-refractivity contribution in [3.05, 3.63) is 119 Å². The predicted molar refractivity (Wildman–Crippen MR) is 194 cm³/mol. The van der Waals surface area contributed by atoms with E-state index in [0.29, 0.717) is 24.2 Å².